The highest BCUT2D eigenvalue weighted by molar-refractivity contribution is 7.89. The standard InChI is InChI=1S/C22H26N2O4S/c1-16-19-14-18(29(26,27)24-12-6-3-7-13-24)10-11-20(19)28-21(16)22(25)23-15-17-8-4-2-5-9-17/h2,4-5,8-11,14,16,21H,3,6-7,12-13,15H2,1H3,(H,23,25). The molecule has 6 nitrogen and oxygen atoms in total. The van der Waals surface area contributed by atoms with Gasteiger partial charge in [0.1, 0.15) is 5.75 Å². The Balaban J connectivity index is 1.48. The Morgan fingerprint density at radius 1 is 1.10 bits per heavy atom. The molecule has 2 atom stereocenters. The van der Waals surface area contributed by atoms with Crippen molar-refractivity contribution in [3.05, 3.63) is 59.7 Å². The van der Waals surface area contributed by atoms with Gasteiger partial charge in [0.2, 0.25) is 10.0 Å². The Bertz CT molecular complexity index is 985. The predicted molar refractivity (Wildman–Crippen MR) is 110 cm³/mol. The van der Waals surface area contributed by atoms with Crippen molar-refractivity contribution in [2.45, 2.75) is 49.6 Å². The van der Waals surface area contributed by atoms with E-state index in [9.17, 15) is 13.2 Å². The van der Waals surface area contributed by atoms with Crippen molar-refractivity contribution in [1.82, 2.24) is 9.62 Å². The molecule has 1 N–H and O–H groups in total. The number of nitrogens with one attached hydrogen (secondary N) is 1. The van der Waals surface area contributed by atoms with Gasteiger partial charge < -0.3 is 10.1 Å². The summed E-state index contributed by atoms with van der Waals surface area (Å²) in [5.41, 5.74) is 1.78. The summed E-state index contributed by atoms with van der Waals surface area (Å²) < 4.78 is 33.4. The van der Waals surface area contributed by atoms with Crippen LogP contribution in [0.1, 0.15) is 43.2 Å². The molecule has 0 aliphatic carbocycles. The van der Waals surface area contributed by atoms with Gasteiger partial charge in [-0.2, -0.15) is 4.31 Å². The van der Waals surface area contributed by atoms with Crippen LogP contribution in [0.3, 0.4) is 0 Å². The van der Waals surface area contributed by atoms with Crippen LogP contribution in [0.2, 0.25) is 0 Å². The highest BCUT2D eigenvalue weighted by Crippen LogP contribution is 2.40. The molecular weight excluding hydrogens is 388 g/mol. The Labute approximate surface area is 171 Å². The topological polar surface area (TPSA) is 75.7 Å². The maximum absolute atomic E-state index is 13.0. The number of benzene rings is 2. The van der Waals surface area contributed by atoms with Crippen LogP contribution in [0.4, 0.5) is 0 Å². The molecule has 2 aliphatic rings. The number of rotatable bonds is 5. The third-order valence-electron chi connectivity index (χ3n) is 5.70. The summed E-state index contributed by atoms with van der Waals surface area (Å²) in [6, 6.07) is 14.6. The second kappa shape index (κ2) is 8.16. The smallest absolute Gasteiger partial charge is 0.261 e. The van der Waals surface area contributed by atoms with Crippen LogP contribution in [0.5, 0.6) is 5.75 Å². The molecule has 29 heavy (non-hydrogen) atoms. The monoisotopic (exact) mass is 414 g/mol. The molecule has 0 bridgehead atoms. The number of hydrogen-bond acceptors (Lipinski definition) is 4. The lowest BCUT2D eigenvalue weighted by molar-refractivity contribution is -0.128. The minimum Gasteiger partial charge on any atom is -0.480 e. The van der Waals surface area contributed by atoms with Gasteiger partial charge in [0.25, 0.3) is 5.91 Å². The van der Waals surface area contributed by atoms with Crippen molar-refractivity contribution >= 4 is 15.9 Å². The van der Waals surface area contributed by atoms with Crippen LogP contribution >= 0.6 is 0 Å². The van der Waals surface area contributed by atoms with Crippen molar-refractivity contribution in [3.8, 4) is 5.75 Å². The molecule has 4 rings (SSSR count). The fourth-order valence-corrected chi connectivity index (χ4v) is 5.53. The van der Waals surface area contributed by atoms with Crippen LogP contribution in [0.25, 0.3) is 0 Å². The Morgan fingerprint density at radius 2 is 1.83 bits per heavy atom. The van der Waals surface area contributed by atoms with E-state index in [-0.39, 0.29) is 16.7 Å². The van der Waals surface area contributed by atoms with E-state index in [1.807, 2.05) is 37.3 Å². The first kappa shape index (κ1) is 19.9. The first-order valence-electron chi connectivity index (χ1n) is 10.1. The zero-order valence-corrected chi connectivity index (χ0v) is 17.3. The van der Waals surface area contributed by atoms with E-state index in [4.69, 9.17) is 4.74 Å². The van der Waals surface area contributed by atoms with Gasteiger partial charge in [0, 0.05) is 31.1 Å². The first-order valence-corrected chi connectivity index (χ1v) is 11.5. The largest absolute Gasteiger partial charge is 0.480 e. The quantitative estimate of drug-likeness (QED) is 0.816. The van der Waals surface area contributed by atoms with E-state index in [2.05, 4.69) is 5.32 Å². The molecule has 1 saturated heterocycles. The highest BCUT2D eigenvalue weighted by Gasteiger charge is 2.37. The van der Waals surface area contributed by atoms with Gasteiger partial charge in [-0.25, -0.2) is 8.42 Å². The number of carbonyl (C=O) groups is 1. The number of sulfonamides is 1. The van der Waals surface area contributed by atoms with E-state index < -0.39 is 16.1 Å². The Morgan fingerprint density at radius 3 is 2.55 bits per heavy atom. The maximum atomic E-state index is 13.0. The number of piperidine rings is 1. The first-order chi connectivity index (χ1) is 14.0. The van der Waals surface area contributed by atoms with Gasteiger partial charge in [-0.1, -0.05) is 43.7 Å². The number of ether oxygens (including phenoxy) is 1. The van der Waals surface area contributed by atoms with Crippen molar-refractivity contribution in [2.75, 3.05) is 13.1 Å². The lowest BCUT2D eigenvalue weighted by atomic mass is 9.97. The van der Waals surface area contributed by atoms with Crippen LogP contribution in [0.15, 0.2) is 53.4 Å². The van der Waals surface area contributed by atoms with Crippen molar-refractivity contribution in [3.63, 3.8) is 0 Å². The molecule has 1 fully saturated rings. The molecule has 2 heterocycles. The zero-order valence-electron chi connectivity index (χ0n) is 16.5. The van der Waals surface area contributed by atoms with Crippen molar-refractivity contribution in [1.29, 1.82) is 0 Å². The lowest BCUT2D eigenvalue weighted by Gasteiger charge is -2.26. The van der Waals surface area contributed by atoms with Crippen LogP contribution < -0.4 is 10.1 Å². The summed E-state index contributed by atoms with van der Waals surface area (Å²) in [6.07, 6.45) is 2.20. The summed E-state index contributed by atoms with van der Waals surface area (Å²) in [4.78, 5) is 12.9. The van der Waals surface area contributed by atoms with Gasteiger partial charge >= 0.3 is 0 Å². The minimum atomic E-state index is -3.51. The molecular formula is C22H26N2O4S. The second-order valence-corrected chi connectivity index (χ2v) is 9.63. The molecule has 0 saturated carbocycles. The Kier molecular flexibility index (Phi) is 5.61. The summed E-state index contributed by atoms with van der Waals surface area (Å²) >= 11 is 0. The molecule has 2 aromatic carbocycles. The molecule has 7 heteroatoms. The van der Waals surface area contributed by atoms with Gasteiger partial charge in [0.15, 0.2) is 6.10 Å². The third-order valence-corrected chi connectivity index (χ3v) is 7.60. The fourth-order valence-electron chi connectivity index (χ4n) is 3.97. The molecule has 0 aromatic heterocycles. The molecule has 2 unspecified atom stereocenters. The fraction of sp³-hybridized carbons (Fsp3) is 0.409. The SMILES string of the molecule is CC1c2cc(S(=O)(=O)N3CCCCC3)ccc2OC1C(=O)NCc1ccccc1. The van der Waals surface area contributed by atoms with Crippen molar-refractivity contribution in [2.24, 2.45) is 0 Å². The molecule has 1 amide bonds. The maximum Gasteiger partial charge on any atom is 0.261 e. The predicted octanol–water partition coefficient (Wildman–Crippen LogP) is 3.04. The highest BCUT2D eigenvalue weighted by atomic mass is 32.2. The summed E-state index contributed by atoms with van der Waals surface area (Å²) in [6.45, 7) is 3.46. The number of amides is 1. The van der Waals surface area contributed by atoms with Gasteiger partial charge in [0.05, 0.1) is 4.90 Å². The van der Waals surface area contributed by atoms with E-state index >= 15 is 0 Å². The normalized spacial score (nSPS) is 22.0. The number of hydrogen-bond donors (Lipinski definition) is 1. The van der Waals surface area contributed by atoms with E-state index in [1.54, 1.807) is 22.5 Å². The summed E-state index contributed by atoms with van der Waals surface area (Å²) in [5, 5.41) is 2.91. The zero-order chi connectivity index (χ0) is 20.4. The molecule has 2 aliphatic heterocycles. The average molecular weight is 415 g/mol. The molecule has 154 valence electrons. The van der Waals surface area contributed by atoms with E-state index in [0.717, 1.165) is 30.4 Å². The van der Waals surface area contributed by atoms with Gasteiger partial charge in [-0.05, 0) is 36.6 Å². The molecule has 0 radical (unpaired) electrons. The van der Waals surface area contributed by atoms with E-state index in [0.29, 0.717) is 25.4 Å². The van der Waals surface area contributed by atoms with Crippen LogP contribution in [-0.4, -0.2) is 37.8 Å². The minimum absolute atomic E-state index is 0.196. The summed E-state index contributed by atoms with van der Waals surface area (Å²) in [5.74, 6) is 0.158. The summed E-state index contributed by atoms with van der Waals surface area (Å²) in [7, 11) is -3.51. The van der Waals surface area contributed by atoms with Crippen molar-refractivity contribution < 1.29 is 17.9 Å². The number of nitrogens with zero attached hydrogens (tertiary/aromatic N) is 1. The molecule has 2 aromatic rings. The molecule has 0 spiro atoms. The van der Waals surface area contributed by atoms with Gasteiger partial charge in [-0.15, -0.1) is 0 Å². The number of fused-ring (bicyclic) bond motifs is 1. The van der Waals surface area contributed by atoms with Gasteiger partial charge in [-0.3, -0.25) is 4.79 Å². The second-order valence-electron chi connectivity index (χ2n) is 7.69. The lowest BCUT2D eigenvalue weighted by Crippen LogP contribution is -2.38. The van der Waals surface area contributed by atoms with E-state index in [1.165, 1.54) is 0 Å². The number of carbonyl (C=O) groups excluding carboxylic acids is 1. The Hall–Kier alpha value is -2.38. The van der Waals surface area contributed by atoms with Crippen LogP contribution in [0, 0.1) is 0 Å². The third kappa shape index (κ3) is 4.02. The van der Waals surface area contributed by atoms with Crippen LogP contribution in [-0.2, 0) is 21.4 Å². The average Bonchev–Trinajstić information content (AvgIpc) is 3.09.